The van der Waals surface area contributed by atoms with Gasteiger partial charge in [0.2, 0.25) is 0 Å². The number of H-pyrrole nitrogens is 1. The highest BCUT2D eigenvalue weighted by Crippen LogP contribution is 2.36. The fourth-order valence-corrected chi connectivity index (χ4v) is 4.41. The van der Waals surface area contributed by atoms with Crippen LogP contribution >= 0.6 is 15.9 Å². The molecule has 3 aromatic rings. The molecule has 0 saturated heterocycles. The standard InChI is InChI=1S/C24H22BrN3O2/c1-29-22-10-9-15(11-16(22)14-30-18-6-4-5-17(25)12-18)23-19-7-2-3-8-21(19)28-24(27)20(23)13-26/h4-6,9-12H,2-3,7-8,14H2,1H3,(H2,27,28)/p+1. The van der Waals surface area contributed by atoms with Crippen LogP contribution in [0.5, 0.6) is 11.5 Å². The van der Waals surface area contributed by atoms with Crippen LogP contribution in [0.3, 0.4) is 0 Å². The highest BCUT2D eigenvalue weighted by molar-refractivity contribution is 9.10. The molecule has 2 aromatic carbocycles. The van der Waals surface area contributed by atoms with Gasteiger partial charge in [-0.05, 0) is 55.2 Å². The number of aromatic nitrogens is 1. The zero-order chi connectivity index (χ0) is 21.1. The molecular formula is C24H23BrN3O2+. The van der Waals surface area contributed by atoms with Crippen LogP contribution in [0, 0.1) is 11.3 Å². The van der Waals surface area contributed by atoms with Crippen molar-refractivity contribution < 1.29 is 14.5 Å². The number of nitrogens with one attached hydrogen (secondary N) is 1. The molecule has 4 rings (SSSR count). The molecule has 1 aromatic heterocycles. The van der Waals surface area contributed by atoms with Gasteiger partial charge in [0.05, 0.1) is 7.11 Å². The van der Waals surface area contributed by atoms with Crippen LogP contribution in [0.4, 0.5) is 5.82 Å². The fourth-order valence-electron chi connectivity index (χ4n) is 4.03. The number of nitrogens with two attached hydrogens (primary N) is 1. The largest absolute Gasteiger partial charge is 0.496 e. The smallest absolute Gasteiger partial charge is 0.289 e. The van der Waals surface area contributed by atoms with Gasteiger partial charge in [0, 0.05) is 27.6 Å². The van der Waals surface area contributed by atoms with Crippen molar-refractivity contribution in [3.8, 4) is 28.7 Å². The van der Waals surface area contributed by atoms with Gasteiger partial charge in [0.25, 0.3) is 5.82 Å². The van der Waals surface area contributed by atoms with Crippen molar-refractivity contribution in [2.45, 2.75) is 32.3 Å². The predicted molar refractivity (Wildman–Crippen MR) is 119 cm³/mol. The minimum Gasteiger partial charge on any atom is -0.496 e. The summed E-state index contributed by atoms with van der Waals surface area (Å²) < 4.78 is 12.5. The molecule has 3 N–H and O–H groups in total. The molecule has 0 spiro atoms. The second-order valence-electron chi connectivity index (χ2n) is 7.34. The Kier molecular flexibility index (Phi) is 5.91. The van der Waals surface area contributed by atoms with Crippen molar-refractivity contribution in [1.82, 2.24) is 0 Å². The Bertz CT molecular complexity index is 1140. The van der Waals surface area contributed by atoms with E-state index in [2.05, 4.69) is 27.0 Å². The molecule has 5 nitrogen and oxygen atoms in total. The lowest BCUT2D eigenvalue weighted by Crippen LogP contribution is -2.24. The number of aromatic amines is 1. The van der Waals surface area contributed by atoms with Crippen molar-refractivity contribution in [1.29, 1.82) is 5.26 Å². The molecule has 0 amide bonds. The molecule has 0 fully saturated rings. The van der Waals surface area contributed by atoms with E-state index in [1.807, 2.05) is 42.5 Å². The third-order valence-corrected chi connectivity index (χ3v) is 5.94. The maximum absolute atomic E-state index is 9.81. The third kappa shape index (κ3) is 3.99. The van der Waals surface area contributed by atoms with Gasteiger partial charge in [-0.15, -0.1) is 0 Å². The summed E-state index contributed by atoms with van der Waals surface area (Å²) in [5, 5.41) is 9.81. The number of rotatable bonds is 5. The van der Waals surface area contributed by atoms with E-state index in [-0.39, 0.29) is 0 Å². The number of hydrogen-bond acceptors (Lipinski definition) is 4. The molecular weight excluding hydrogens is 442 g/mol. The number of benzene rings is 2. The number of halogens is 1. The molecule has 152 valence electrons. The number of methoxy groups -OCH3 is 1. The number of anilines is 1. The van der Waals surface area contributed by atoms with E-state index in [1.54, 1.807) is 7.11 Å². The normalized spacial score (nSPS) is 12.7. The summed E-state index contributed by atoms with van der Waals surface area (Å²) in [6.07, 6.45) is 4.12. The summed E-state index contributed by atoms with van der Waals surface area (Å²) in [6, 6.07) is 16.0. The molecule has 1 aliphatic rings. The van der Waals surface area contributed by atoms with Gasteiger partial charge in [-0.1, -0.05) is 28.1 Å². The lowest BCUT2D eigenvalue weighted by atomic mass is 9.86. The quantitative estimate of drug-likeness (QED) is 0.584. The molecule has 0 aliphatic heterocycles. The number of pyridine rings is 1. The van der Waals surface area contributed by atoms with E-state index in [4.69, 9.17) is 15.2 Å². The van der Waals surface area contributed by atoms with E-state index in [9.17, 15) is 5.26 Å². The topological polar surface area (TPSA) is 82.4 Å². The average molecular weight is 465 g/mol. The first kappa shape index (κ1) is 20.2. The second-order valence-corrected chi connectivity index (χ2v) is 8.25. The summed E-state index contributed by atoms with van der Waals surface area (Å²) in [6.45, 7) is 0.353. The number of nitriles is 1. The number of hydrogen-bond donors (Lipinski definition) is 1. The molecule has 0 bridgehead atoms. The fraction of sp³-hybridized carbons (Fsp3) is 0.250. The van der Waals surface area contributed by atoms with E-state index < -0.39 is 0 Å². The van der Waals surface area contributed by atoms with E-state index >= 15 is 0 Å². The van der Waals surface area contributed by atoms with E-state index in [0.717, 1.165) is 64.0 Å². The van der Waals surface area contributed by atoms with Gasteiger partial charge >= 0.3 is 0 Å². The lowest BCUT2D eigenvalue weighted by Gasteiger charge is -2.20. The van der Waals surface area contributed by atoms with Crippen LogP contribution in [0.15, 0.2) is 46.9 Å². The Balaban J connectivity index is 1.77. The monoisotopic (exact) mass is 464 g/mol. The van der Waals surface area contributed by atoms with Crippen LogP contribution in [-0.4, -0.2) is 7.11 Å². The number of nitrogen functional groups attached to an aromatic ring is 1. The van der Waals surface area contributed by atoms with Crippen molar-refractivity contribution in [2.75, 3.05) is 12.8 Å². The maximum Gasteiger partial charge on any atom is 0.289 e. The Hall–Kier alpha value is -3.04. The molecule has 0 saturated carbocycles. The summed E-state index contributed by atoms with van der Waals surface area (Å²) in [4.78, 5) is 3.25. The average Bonchev–Trinajstić information content (AvgIpc) is 2.76. The molecule has 0 radical (unpaired) electrons. The Morgan fingerprint density at radius 3 is 2.77 bits per heavy atom. The molecule has 30 heavy (non-hydrogen) atoms. The van der Waals surface area contributed by atoms with Gasteiger partial charge in [-0.25, -0.2) is 4.98 Å². The zero-order valence-corrected chi connectivity index (χ0v) is 18.4. The van der Waals surface area contributed by atoms with Gasteiger partial charge in [-0.2, -0.15) is 5.26 Å². The van der Waals surface area contributed by atoms with Crippen molar-refractivity contribution in [2.24, 2.45) is 0 Å². The molecule has 0 unspecified atom stereocenters. The molecule has 6 heteroatoms. The first-order valence-electron chi connectivity index (χ1n) is 9.93. The van der Waals surface area contributed by atoms with Crippen LogP contribution in [0.1, 0.15) is 35.2 Å². The summed E-state index contributed by atoms with van der Waals surface area (Å²) in [7, 11) is 1.65. The number of nitrogens with zero attached hydrogens (tertiary/aromatic N) is 1. The van der Waals surface area contributed by atoms with E-state index in [0.29, 0.717) is 18.0 Å². The number of aryl methyl sites for hydroxylation is 1. The van der Waals surface area contributed by atoms with Gasteiger partial charge in [0.15, 0.2) is 0 Å². The first-order chi connectivity index (χ1) is 14.6. The molecule has 0 atom stereocenters. The van der Waals surface area contributed by atoms with Crippen LogP contribution < -0.4 is 20.2 Å². The van der Waals surface area contributed by atoms with Crippen molar-refractivity contribution >= 4 is 21.7 Å². The van der Waals surface area contributed by atoms with Crippen molar-refractivity contribution in [3.63, 3.8) is 0 Å². The Labute approximate surface area is 184 Å². The molecule has 1 heterocycles. The van der Waals surface area contributed by atoms with Crippen molar-refractivity contribution in [3.05, 3.63) is 69.3 Å². The third-order valence-electron chi connectivity index (χ3n) is 5.45. The second kappa shape index (κ2) is 8.76. The van der Waals surface area contributed by atoms with Gasteiger partial charge in [-0.3, -0.25) is 5.73 Å². The van der Waals surface area contributed by atoms with Crippen LogP contribution in [0.25, 0.3) is 11.1 Å². The number of fused-ring (bicyclic) bond motifs is 1. The predicted octanol–water partition coefficient (Wildman–Crippen LogP) is 4.85. The minimum atomic E-state index is 0.353. The summed E-state index contributed by atoms with van der Waals surface area (Å²) in [5.41, 5.74) is 11.8. The first-order valence-corrected chi connectivity index (χ1v) is 10.7. The Morgan fingerprint density at radius 1 is 1.17 bits per heavy atom. The number of ether oxygens (including phenoxy) is 2. The minimum absolute atomic E-state index is 0.353. The summed E-state index contributed by atoms with van der Waals surface area (Å²) in [5.74, 6) is 1.94. The maximum atomic E-state index is 9.81. The SMILES string of the molecule is COc1ccc(-c2c(C#N)c(N)[nH+]c3c2CCCC3)cc1COc1cccc(Br)c1. The molecule has 1 aliphatic carbocycles. The van der Waals surface area contributed by atoms with Crippen LogP contribution in [-0.2, 0) is 19.4 Å². The van der Waals surface area contributed by atoms with Gasteiger partial charge < -0.3 is 9.47 Å². The lowest BCUT2D eigenvalue weighted by molar-refractivity contribution is -0.374. The Morgan fingerprint density at radius 2 is 2.00 bits per heavy atom. The van der Waals surface area contributed by atoms with E-state index in [1.165, 1.54) is 5.56 Å². The zero-order valence-electron chi connectivity index (χ0n) is 16.8. The van der Waals surface area contributed by atoms with Crippen LogP contribution in [0.2, 0.25) is 0 Å². The summed E-state index contributed by atoms with van der Waals surface area (Å²) >= 11 is 3.47. The highest BCUT2D eigenvalue weighted by Gasteiger charge is 2.25. The van der Waals surface area contributed by atoms with Gasteiger partial charge in [0.1, 0.15) is 35.4 Å². The highest BCUT2D eigenvalue weighted by atomic mass is 79.9.